The van der Waals surface area contributed by atoms with E-state index in [1.165, 1.54) is 0 Å². The fraction of sp³-hybridized carbons (Fsp3) is 0.267. The van der Waals surface area contributed by atoms with Gasteiger partial charge in [0.25, 0.3) is 0 Å². The summed E-state index contributed by atoms with van der Waals surface area (Å²) in [6, 6.07) is 5.14. The normalized spacial score (nSPS) is 20.0. The molecule has 22 heavy (non-hydrogen) atoms. The average Bonchev–Trinajstić information content (AvgIpc) is 3.17. The zero-order valence-electron chi connectivity index (χ0n) is 11.9. The van der Waals surface area contributed by atoms with Crippen LogP contribution in [0.3, 0.4) is 0 Å². The van der Waals surface area contributed by atoms with E-state index in [0.717, 1.165) is 0 Å². The topological polar surface area (TPSA) is 103 Å². The van der Waals surface area contributed by atoms with E-state index in [0.29, 0.717) is 23.5 Å². The van der Waals surface area contributed by atoms with Crippen molar-refractivity contribution in [3.8, 4) is 11.4 Å². The Bertz CT molecular complexity index is 668. The summed E-state index contributed by atoms with van der Waals surface area (Å²) in [7, 11) is 0. The molecule has 114 valence electrons. The van der Waals surface area contributed by atoms with Crippen molar-refractivity contribution in [3.63, 3.8) is 0 Å². The number of carbonyl (C=O) groups excluding carboxylic acids is 1. The highest BCUT2D eigenvalue weighted by Crippen LogP contribution is 2.23. The van der Waals surface area contributed by atoms with Crippen LogP contribution in [0.1, 0.15) is 6.42 Å². The van der Waals surface area contributed by atoms with E-state index in [-0.39, 0.29) is 24.6 Å². The summed E-state index contributed by atoms with van der Waals surface area (Å²) >= 11 is 0. The average molecular weight is 299 g/mol. The van der Waals surface area contributed by atoms with Gasteiger partial charge in [-0.2, -0.15) is 5.10 Å². The molecule has 0 radical (unpaired) electrons. The van der Waals surface area contributed by atoms with Crippen LogP contribution in [-0.4, -0.2) is 39.0 Å². The Morgan fingerprint density at radius 3 is 3.05 bits per heavy atom. The Kier molecular flexibility index (Phi) is 4.15. The molecule has 3 rings (SSSR count). The van der Waals surface area contributed by atoms with Gasteiger partial charge in [-0.3, -0.25) is 10.1 Å². The van der Waals surface area contributed by atoms with Crippen LogP contribution >= 0.6 is 0 Å². The van der Waals surface area contributed by atoms with Gasteiger partial charge < -0.3 is 15.7 Å². The highest BCUT2D eigenvalue weighted by atomic mass is 16.3. The van der Waals surface area contributed by atoms with Gasteiger partial charge in [0.1, 0.15) is 5.69 Å². The second-order valence-corrected chi connectivity index (χ2v) is 5.14. The highest BCUT2D eigenvalue weighted by Gasteiger charge is 2.20. The van der Waals surface area contributed by atoms with Gasteiger partial charge in [-0.1, -0.05) is 18.2 Å². The summed E-state index contributed by atoms with van der Waals surface area (Å²) < 4.78 is 0. The second-order valence-electron chi connectivity index (χ2n) is 5.14. The third-order valence-corrected chi connectivity index (χ3v) is 3.53. The van der Waals surface area contributed by atoms with Crippen molar-refractivity contribution >= 4 is 11.7 Å². The number of amides is 2. The zero-order chi connectivity index (χ0) is 15.4. The number of aliphatic hydroxyl groups excluding tert-OH is 1. The number of urea groups is 1. The van der Waals surface area contributed by atoms with Crippen molar-refractivity contribution in [3.05, 3.63) is 42.7 Å². The Labute approximate surface area is 127 Å². The van der Waals surface area contributed by atoms with Gasteiger partial charge >= 0.3 is 6.03 Å². The van der Waals surface area contributed by atoms with Crippen molar-refractivity contribution < 1.29 is 9.90 Å². The van der Waals surface area contributed by atoms with Crippen molar-refractivity contribution in [2.75, 3.05) is 11.9 Å². The molecular weight excluding hydrogens is 282 g/mol. The van der Waals surface area contributed by atoms with Crippen molar-refractivity contribution in [2.45, 2.75) is 12.5 Å². The van der Waals surface area contributed by atoms with Crippen molar-refractivity contribution in [1.82, 2.24) is 20.5 Å². The first-order chi connectivity index (χ1) is 10.8. The molecule has 1 aliphatic carbocycles. The fourth-order valence-electron chi connectivity index (χ4n) is 2.43. The number of hydrogen-bond donors (Lipinski definition) is 4. The number of hydrogen-bond acceptors (Lipinski definition) is 4. The van der Waals surface area contributed by atoms with Crippen LogP contribution in [0.15, 0.2) is 42.7 Å². The minimum atomic E-state index is -0.313. The van der Waals surface area contributed by atoms with Crippen LogP contribution < -0.4 is 10.6 Å². The number of aromatic amines is 1. The molecule has 0 saturated heterocycles. The molecule has 2 heterocycles. The van der Waals surface area contributed by atoms with Gasteiger partial charge in [0.05, 0.1) is 17.6 Å². The van der Waals surface area contributed by atoms with E-state index in [4.69, 9.17) is 5.11 Å². The summed E-state index contributed by atoms with van der Waals surface area (Å²) in [5.41, 5.74) is 1.93. The molecule has 0 bridgehead atoms. The van der Waals surface area contributed by atoms with Crippen LogP contribution in [0.2, 0.25) is 0 Å². The molecule has 1 aliphatic rings. The predicted octanol–water partition coefficient (Wildman–Crippen LogP) is 1.53. The molecule has 2 amide bonds. The van der Waals surface area contributed by atoms with E-state index < -0.39 is 0 Å². The molecule has 7 nitrogen and oxygen atoms in total. The summed E-state index contributed by atoms with van der Waals surface area (Å²) in [6.45, 7) is 0.0991. The van der Waals surface area contributed by atoms with Crippen LogP contribution in [0.5, 0.6) is 0 Å². The minimum Gasteiger partial charge on any atom is -0.396 e. The smallest absolute Gasteiger partial charge is 0.319 e. The molecule has 2 aromatic rings. The number of anilines is 1. The van der Waals surface area contributed by atoms with E-state index >= 15 is 0 Å². The van der Waals surface area contributed by atoms with E-state index in [1.54, 1.807) is 12.4 Å². The molecule has 0 saturated carbocycles. The molecule has 2 atom stereocenters. The maximum Gasteiger partial charge on any atom is 0.319 e. The fourth-order valence-corrected chi connectivity index (χ4v) is 2.43. The Balaban J connectivity index is 1.64. The van der Waals surface area contributed by atoms with E-state index in [1.807, 2.05) is 30.4 Å². The maximum atomic E-state index is 12.1. The number of nitrogens with one attached hydrogen (secondary N) is 3. The summed E-state index contributed by atoms with van der Waals surface area (Å²) in [5.74, 6) is 0.114. The standard InChI is InChI=1S/C15H17N5O2/c21-9-10-4-5-11(7-10)18-15(22)19-13-8-17-20-14(13)12-3-1-2-6-16-12/h1-6,8,10-11,21H,7,9H2,(H,17,20)(H2,18,19,22)/t10-,11+/m0/s1. The number of pyridine rings is 1. The minimum absolute atomic E-state index is 0.0673. The van der Waals surface area contributed by atoms with Gasteiger partial charge in [0, 0.05) is 24.8 Å². The first-order valence-electron chi connectivity index (χ1n) is 7.07. The lowest BCUT2D eigenvalue weighted by molar-refractivity contribution is 0.238. The lowest BCUT2D eigenvalue weighted by Crippen LogP contribution is -2.36. The monoisotopic (exact) mass is 299 g/mol. The van der Waals surface area contributed by atoms with Gasteiger partial charge in [-0.15, -0.1) is 0 Å². The third-order valence-electron chi connectivity index (χ3n) is 3.53. The number of aliphatic hydroxyl groups is 1. The van der Waals surface area contributed by atoms with Crippen LogP contribution in [0, 0.1) is 5.92 Å². The first kappa shape index (κ1) is 14.3. The number of rotatable bonds is 4. The summed E-state index contributed by atoms with van der Waals surface area (Å²) in [6.07, 6.45) is 7.75. The highest BCUT2D eigenvalue weighted by molar-refractivity contribution is 5.93. The largest absolute Gasteiger partial charge is 0.396 e. The Hall–Kier alpha value is -2.67. The molecule has 0 aliphatic heterocycles. The second kappa shape index (κ2) is 6.40. The third kappa shape index (κ3) is 3.15. The van der Waals surface area contributed by atoms with E-state index in [9.17, 15) is 4.79 Å². The van der Waals surface area contributed by atoms with Gasteiger partial charge in [-0.25, -0.2) is 4.79 Å². The maximum absolute atomic E-state index is 12.1. The van der Waals surface area contributed by atoms with Gasteiger partial charge in [0.15, 0.2) is 0 Å². The molecule has 0 unspecified atom stereocenters. The quantitative estimate of drug-likeness (QED) is 0.643. The first-order valence-corrected chi connectivity index (χ1v) is 7.07. The summed E-state index contributed by atoms with van der Waals surface area (Å²) in [5, 5.41) is 21.5. The molecule has 7 heteroatoms. The molecule has 0 fully saturated rings. The van der Waals surface area contributed by atoms with Gasteiger partial charge in [0.2, 0.25) is 0 Å². The summed E-state index contributed by atoms with van der Waals surface area (Å²) in [4.78, 5) is 16.3. The number of aromatic nitrogens is 3. The molecule has 0 aromatic carbocycles. The SMILES string of the molecule is O=C(Nc1cn[nH]c1-c1ccccn1)N[C@@H]1C=C[C@H](CO)C1. The molecule has 4 N–H and O–H groups in total. The lowest BCUT2D eigenvalue weighted by Gasteiger charge is -2.13. The molecule has 2 aromatic heterocycles. The predicted molar refractivity (Wildman–Crippen MR) is 82.1 cm³/mol. The van der Waals surface area contributed by atoms with Crippen LogP contribution in [-0.2, 0) is 0 Å². The molecule has 0 spiro atoms. The van der Waals surface area contributed by atoms with Crippen molar-refractivity contribution in [1.29, 1.82) is 0 Å². The lowest BCUT2D eigenvalue weighted by atomic mass is 10.1. The van der Waals surface area contributed by atoms with Crippen LogP contribution in [0.25, 0.3) is 11.4 Å². The molecular formula is C15H17N5O2. The van der Waals surface area contributed by atoms with Gasteiger partial charge in [-0.05, 0) is 18.6 Å². The van der Waals surface area contributed by atoms with E-state index in [2.05, 4.69) is 25.8 Å². The number of carbonyl (C=O) groups is 1. The number of nitrogens with zero attached hydrogens (tertiary/aromatic N) is 2. The van der Waals surface area contributed by atoms with Crippen LogP contribution in [0.4, 0.5) is 10.5 Å². The Morgan fingerprint density at radius 1 is 1.41 bits per heavy atom. The number of H-pyrrole nitrogens is 1. The van der Waals surface area contributed by atoms with Crippen molar-refractivity contribution in [2.24, 2.45) is 5.92 Å². The zero-order valence-corrected chi connectivity index (χ0v) is 11.9. The Morgan fingerprint density at radius 2 is 2.32 bits per heavy atom.